The Hall–Kier alpha value is -3.37. The number of primary amides is 2. The fourth-order valence-corrected chi connectivity index (χ4v) is 1.68. The van der Waals surface area contributed by atoms with Gasteiger partial charge in [-0.15, -0.1) is 0 Å². The smallest absolute Gasteiger partial charge is 0.325 e. The van der Waals surface area contributed by atoms with Gasteiger partial charge in [-0.1, -0.05) is 30.3 Å². The molecule has 10 nitrogen and oxygen atoms in total. The highest BCUT2D eigenvalue weighted by molar-refractivity contribution is 5.92. The van der Waals surface area contributed by atoms with Gasteiger partial charge in [-0.05, 0) is 5.56 Å². The molecule has 2 amide bonds. The molecule has 10 heteroatoms. The Bertz CT molecular complexity index is 719. The van der Waals surface area contributed by atoms with Crippen LogP contribution in [0.15, 0.2) is 42.7 Å². The number of nitrogens with zero attached hydrogens (tertiary/aromatic N) is 2. The topological polar surface area (TPSA) is 174 Å². The number of hydrogen-bond acceptors (Lipinski definition) is 8. The van der Waals surface area contributed by atoms with Crippen molar-refractivity contribution in [1.82, 2.24) is 9.97 Å². The summed E-state index contributed by atoms with van der Waals surface area (Å²) >= 11 is 0. The van der Waals surface area contributed by atoms with E-state index in [-0.39, 0.29) is 18.0 Å². The maximum atomic E-state index is 10.9. The third kappa shape index (κ3) is 8.03. The van der Waals surface area contributed by atoms with Crippen LogP contribution in [0.1, 0.15) is 26.5 Å². The second kappa shape index (κ2) is 11.3. The molecule has 2 rings (SSSR count). The van der Waals surface area contributed by atoms with E-state index < -0.39 is 23.8 Å². The highest BCUT2D eigenvalue weighted by atomic mass is 16.5. The van der Waals surface area contributed by atoms with Crippen LogP contribution in [0.2, 0.25) is 0 Å². The molecule has 27 heavy (non-hydrogen) atoms. The number of nitrogens with two attached hydrogens (primary N) is 3. The molecular weight excluding hydrogens is 354 g/mol. The molecule has 1 aromatic heterocycles. The van der Waals surface area contributed by atoms with Crippen molar-refractivity contribution in [2.24, 2.45) is 17.2 Å². The normalized spacial score (nSPS) is 10.9. The predicted molar refractivity (Wildman–Crippen MR) is 95.2 cm³/mol. The number of amides is 2. The number of methoxy groups -OCH3 is 1. The second-order valence-corrected chi connectivity index (χ2v) is 5.15. The first-order valence-corrected chi connectivity index (χ1v) is 7.71. The number of esters is 1. The zero-order valence-corrected chi connectivity index (χ0v) is 14.7. The first-order valence-electron chi connectivity index (χ1n) is 7.71. The molecule has 1 atom stereocenters. The van der Waals surface area contributed by atoms with Gasteiger partial charge in [0, 0.05) is 0 Å². The summed E-state index contributed by atoms with van der Waals surface area (Å²) in [5.41, 5.74) is 16.3. The van der Waals surface area contributed by atoms with Crippen molar-refractivity contribution in [2.75, 3.05) is 13.7 Å². The Morgan fingerprint density at radius 2 is 1.52 bits per heavy atom. The van der Waals surface area contributed by atoms with Gasteiger partial charge in [0.15, 0.2) is 0 Å². The molecule has 1 heterocycles. The third-order valence-corrected chi connectivity index (χ3v) is 3.07. The van der Waals surface area contributed by atoms with Crippen LogP contribution in [0.25, 0.3) is 0 Å². The number of hydrogen-bond donors (Lipinski definition) is 3. The predicted octanol–water partition coefficient (Wildman–Crippen LogP) is -0.622. The highest BCUT2D eigenvalue weighted by Gasteiger charge is 2.13. The molecule has 0 saturated heterocycles. The summed E-state index contributed by atoms with van der Waals surface area (Å²) < 4.78 is 9.75. The van der Waals surface area contributed by atoms with Crippen LogP contribution in [0, 0.1) is 0 Å². The minimum absolute atomic E-state index is 0.000000000000000222. The second-order valence-electron chi connectivity index (χ2n) is 5.15. The van der Waals surface area contributed by atoms with Crippen LogP contribution in [-0.4, -0.2) is 47.5 Å². The Balaban J connectivity index is 0.000000277. The number of carbonyl (C=O) groups excluding carboxylic acids is 3. The van der Waals surface area contributed by atoms with Crippen LogP contribution in [-0.2, 0) is 20.9 Å². The van der Waals surface area contributed by atoms with Gasteiger partial charge in [0.25, 0.3) is 11.8 Å². The van der Waals surface area contributed by atoms with Gasteiger partial charge in [-0.25, -0.2) is 9.97 Å². The van der Waals surface area contributed by atoms with Crippen LogP contribution in [0.3, 0.4) is 0 Å². The molecule has 0 bridgehead atoms. The van der Waals surface area contributed by atoms with E-state index in [1.165, 1.54) is 7.11 Å². The van der Waals surface area contributed by atoms with E-state index in [9.17, 15) is 14.4 Å². The fourth-order valence-electron chi connectivity index (χ4n) is 1.68. The Labute approximate surface area is 155 Å². The van der Waals surface area contributed by atoms with E-state index in [2.05, 4.69) is 14.7 Å². The molecule has 2 aromatic rings. The lowest BCUT2D eigenvalue weighted by Crippen LogP contribution is -2.36. The zero-order valence-electron chi connectivity index (χ0n) is 14.7. The fraction of sp³-hybridized carbons (Fsp3) is 0.235. The van der Waals surface area contributed by atoms with E-state index >= 15 is 0 Å². The largest absolute Gasteiger partial charge is 0.468 e. The van der Waals surface area contributed by atoms with Crippen molar-refractivity contribution >= 4 is 17.8 Å². The molecule has 0 fully saturated rings. The number of benzene rings is 1. The molecule has 0 radical (unpaired) electrons. The first-order chi connectivity index (χ1) is 12.8. The Morgan fingerprint density at radius 3 is 1.93 bits per heavy atom. The molecular formula is C17H21N5O5. The molecule has 0 unspecified atom stereocenters. The SMILES string of the molecule is COC(=O)[C@@H](N)COCc1ccccc1.NC(=O)c1cnc(C(N)=O)cn1. The first kappa shape index (κ1) is 21.7. The van der Waals surface area contributed by atoms with Crippen LogP contribution >= 0.6 is 0 Å². The quantitative estimate of drug-likeness (QED) is 0.537. The van der Waals surface area contributed by atoms with Crippen molar-refractivity contribution < 1.29 is 23.9 Å². The molecule has 144 valence electrons. The lowest BCUT2D eigenvalue weighted by Gasteiger charge is -2.09. The average Bonchev–Trinajstić information content (AvgIpc) is 2.68. The van der Waals surface area contributed by atoms with E-state index in [0.29, 0.717) is 6.61 Å². The summed E-state index contributed by atoms with van der Waals surface area (Å²) in [6.07, 6.45) is 2.20. The molecule has 0 saturated carbocycles. The Morgan fingerprint density at radius 1 is 1.00 bits per heavy atom. The van der Waals surface area contributed by atoms with E-state index in [4.69, 9.17) is 21.9 Å². The summed E-state index contributed by atoms with van der Waals surface area (Å²) in [4.78, 5) is 39.0. The van der Waals surface area contributed by atoms with Gasteiger partial charge in [0.1, 0.15) is 17.4 Å². The number of aromatic nitrogens is 2. The van der Waals surface area contributed by atoms with Crippen molar-refractivity contribution in [3.05, 3.63) is 59.7 Å². The van der Waals surface area contributed by atoms with Crippen LogP contribution in [0.4, 0.5) is 0 Å². The van der Waals surface area contributed by atoms with E-state index in [1.807, 2.05) is 30.3 Å². The number of ether oxygens (including phenoxy) is 2. The van der Waals surface area contributed by atoms with Gasteiger partial charge < -0.3 is 26.7 Å². The number of rotatable bonds is 7. The molecule has 0 aliphatic carbocycles. The molecule has 6 N–H and O–H groups in total. The minimum atomic E-state index is -0.710. The maximum absolute atomic E-state index is 10.9. The minimum Gasteiger partial charge on any atom is -0.468 e. The van der Waals surface area contributed by atoms with Gasteiger partial charge >= 0.3 is 5.97 Å². The summed E-state index contributed by atoms with van der Waals surface area (Å²) in [7, 11) is 1.30. The standard InChI is InChI=1S/C11H15NO3.C6H6N4O2/c1-14-11(13)10(12)8-15-7-9-5-3-2-4-6-9;7-5(11)3-1-9-4(2-10-3)6(8)12/h2-6,10H,7-8,12H2,1H3;1-2H,(H2,7,11)(H2,8,12)/t10-;/m0./s1. The summed E-state index contributed by atoms with van der Waals surface area (Å²) in [5.74, 6) is -1.85. The van der Waals surface area contributed by atoms with E-state index in [0.717, 1.165) is 18.0 Å². The van der Waals surface area contributed by atoms with Gasteiger partial charge in [0.05, 0.1) is 32.7 Å². The van der Waals surface area contributed by atoms with Crippen molar-refractivity contribution in [3.8, 4) is 0 Å². The molecule has 1 aromatic carbocycles. The molecule has 0 aliphatic heterocycles. The van der Waals surface area contributed by atoms with Gasteiger partial charge in [0.2, 0.25) is 0 Å². The molecule has 0 spiro atoms. The number of carbonyl (C=O) groups is 3. The Kier molecular flexibility index (Phi) is 9.06. The maximum Gasteiger partial charge on any atom is 0.325 e. The summed E-state index contributed by atoms with van der Waals surface area (Å²) in [6, 6.07) is 8.98. The van der Waals surface area contributed by atoms with Crippen LogP contribution < -0.4 is 17.2 Å². The lowest BCUT2D eigenvalue weighted by atomic mass is 10.2. The summed E-state index contributed by atoms with van der Waals surface area (Å²) in [6.45, 7) is 0.618. The average molecular weight is 375 g/mol. The monoisotopic (exact) mass is 375 g/mol. The zero-order chi connectivity index (χ0) is 20.2. The van der Waals surface area contributed by atoms with E-state index in [1.54, 1.807) is 0 Å². The van der Waals surface area contributed by atoms with Gasteiger partial charge in [-0.3, -0.25) is 14.4 Å². The van der Waals surface area contributed by atoms with Crippen molar-refractivity contribution in [1.29, 1.82) is 0 Å². The van der Waals surface area contributed by atoms with Crippen molar-refractivity contribution in [2.45, 2.75) is 12.6 Å². The molecule has 0 aliphatic rings. The van der Waals surface area contributed by atoms with Crippen molar-refractivity contribution in [3.63, 3.8) is 0 Å². The van der Waals surface area contributed by atoms with Crippen LogP contribution in [0.5, 0.6) is 0 Å². The highest BCUT2D eigenvalue weighted by Crippen LogP contribution is 2.00. The lowest BCUT2D eigenvalue weighted by molar-refractivity contribution is -0.143. The summed E-state index contributed by atoms with van der Waals surface area (Å²) in [5, 5.41) is 0. The third-order valence-electron chi connectivity index (χ3n) is 3.07. The van der Waals surface area contributed by atoms with Gasteiger partial charge in [-0.2, -0.15) is 0 Å².